The number of hydrogen-bond donors (Lipinski definition) is 1. The van der Waals surface area contributed by atoms with Crippen molar-refractivity contribution in [1.29, 1.82) is 0 Å². The fourth-order valence-corrected chi connectivity index (χ4v) is 2.68. The molecule has 1 atom stereocenters. The first-order chi connectivity index (χ1) is 8.09. The average molecular weight is 235 g/mol. The van der Waals surface area contributed by atoms with Gasteiger partial charge >= 0.3 is 0 Å². The maximum atomic E-state index is 11.4. The van der Waals surface area contributed by atoms with Crippen molar-refractivity contribution in [2.75, 3.05) is 26.2 Å². The molecule has 0 aromatic carbocycles. The van der Waals surface area contributed by atoms with Gasteiger partial charge in [0.2, 0.25) is 0 Å². The Hall–Kier alpha value is -1.13. The Bertz CT molecular complexity index is 420. The van der Waals surface area contributed by atoms with E-state index in [9.17, 15) is 4.79 Å². The van der Waals surface area contributed by atoms with Crippen LogP contribution >= 0.6 is 0 Å². The van der Waals surface area contributed by atoms with Crippen molar-refractivity contribution in [3.63, 3.8) is 0 Å². The van der Waals surface area contributed by atoms with E-state index in [0.717, 1.165) is 37.6 Å². The number of aryl methyl sites for hydroxylation is 2. The third kappa shape index (κ3) is 2.58. The summed E-state index contributed by atoms with van der Waals surface area (Å²) in [4.78, 5) is 13.9. The van der Waals surface area contributed by atoms with Gasteiger partial charge in [-0.2, -0.15) is 0 Å². The van der Waals surface area contributed by atoms with E-state index in [4.69, 9.17) is 0 Å². The number of piperazine rings is 1. The molecule has 0 saturated carbocycles. The Labute approximate surface area is 102 Å². The molecule has 1 fully saturated rings. The minimum atomic E-state index is 0.101. The lowest BCUT2D eigenvalue weighted by atomic mass is 10.2. The normalized spacial score (nSPS) is 19.2. The van der Waals surface area contributed by atoms with Gasteiger partial charge in [0, 0.05) is 49.7 Å². The lowest BCUT2D eigenvalue weighted by molar-refractivity contribution is 0.132. The van der Waals surface area contributed by atoms with E-state index in [1.165, 1.54) is 0 Å². The molecule has 1 unspecified atom stereocenters. The van der Waals surface area contributed by atoms with Crippen LogP contribution in [0.4, 0.5) is 0 Å². The summed E-state index contributed by atoms with van der Waals surface area (Å²) in [5, 5.41) is 3.36. The topological polar surface area (TPSA) is 37.3 Å². The Morgan fingerprint density at radius 3 is 2.24 bits per heavy atom. The van der Waals surface area contributed by atoms with E-state index in [2.05, 4.69) is 21.7 Å². The summed E-state index contributed by atoms with van der Waals surface area (Å²) in [5.74, 6) is 0. The van der Waals surface area contributed by atoms with Crippen LogP contribution in [-0.4, -0.2) is 35.6 Å². The molecule has 0 radical (unpaired) electrons. The minimum Gasteiger partial charge on any atom is -0.333 e. The van der Waals surface area contributed by atoms with Crippen molar-refractivity contribution in [2.45, 2.75) is 26.9 Å². The van der Waals surface area contributed by atoms with Gasteiger partial charge in [0.05, 0.1) is 6.17 Å². The first-order valence-electron chi connectivity index (χ1n) is 6.24. The number of nitrogens with zero attached hydrogens (tertiary/aromatic N) is 2. The highest BCUT2D eigenvalue weighted by atomic mass is 16.1. The molecule has 1 aliphatic rings. The molecule has 0 bridgehead atoms. The van der Waals surface area contributed by atoms with Crippen LogP contribution in [0.2, 0.25) is 0 Å². The van der Waals surface area contributed by atoms with Gasteiger partial charge in [-0.1, -0.05) is 0 Å². The lowest BCUT2D eigenvalue weighted by Crippen LogP contribution is -2.46. The zero-order valence-corrected chi connectivity index (χ0v) is 10.9. The van der Waals surface area contributed by atoms with Crippen molar-refractivity contribution < 1.29 is 0 Å². The number of rotatable bonds is 2. The number of aromatic nitrogens is 1. The van der Waals surface area contributed by atoms with Gasteiger partial charge in [-0.3, -0.25) is 9.69 Å². The molecule has 4 nitrogen and oxygen atoms in total. The molecule has 2 heterocycles. The van der Waals surface area contributed by atoms with E-state index in [1.54, 1.807) is 12.1 Å². The fourth-order valence-electron chi connectivity index (χ4n) is 2.68. The van der Waals surface area contributed by atoms with Gasteiger partial charge in [-0.25, -0.2) is 0 Å². The number of pyridine rings is 1. The molecule has 0 aliphatic carbocycles. The smallest absolute Gasteiger partial charge is 0.182 e. The van der Waals surface area contributed by atoms with Gasteiger partial charge in [0.25, 0.3) is 0 Å². The molecule has 0 amide bonds. The molecule has 1 aromatic heterocycles. The third-order valence-electron chi connectivity index (χ3n) is 3.52. The zero-order chi connectivity index (χ0) is 12.4. The molecule has 1 N–H and O–H groups in total. The summed E-state index contributed by atoms with van der Waals surface area (Å²) in [6.45, 7) is 10.4. The Morgan fingerprint density at radius 1 is 1.18 bits per heavy atom. The molecular weight excluding hydrogens is 214 g/mol. The van der Waals surface area contributed by atoms with Crippen molar-refractivity contribution in [3.8, 4) is 0 Å². The molecule has 1 aliphatic heterocycles. The van der Waals surface area contributed by atoms with Crippen LogP contribution in [0.25, 0.3) is 0 Å². The van der Waals surface area contributed by atoms with Crippen LogP contribution < -0.4 is 10.7 Å². The second-order valence-corrected chi connectivity index (χ2v) is 4.76. The molecule has 1 saturated heterocycles. The third-order valence-corrected chi connectivity index (χ3v) is 3.52. The number of nitrogens with one attached hydrogen (secondary N) is 1. The monoisotopic (exact) mass is 235 g/mol. The summed E-state index contributed by atoms with van der Waals surface area (Å²) < 4.78 is 2.24. The van der Waals surface area contributed by atoms with Crippen molar-refractivity contribution in [2.24, 2.45) is 0 Å². The van der Waals surface area contributed by atoms with Crippen molar-refractivity contribution >= 4 is 0 Å². The van der Waals surface area contributed by atoms with Crippen LogP contribution in [0, 0.1) is 13.8 Å². The summed E-state index contributed by atoms with van der Waals surface area (Å²) in [5.41, 5.74) is 2.19. The van der Waals surface area contributed by atoms with Gasteiger partial charge in [-0.05, 0) is 20.8 Å². The lowest BCUT2D eigenvalue weighted by Gasteiger charge is -2.36. The van der Waals surface area contributed by atoms with E-state index < -0.39 is 0 Å². The Kier molecular flexibility index (Phi) is 3.64. The van der Waals surface area contributed by atoms with Crippen LogP contribution in [0.15, 0.2) is 16.9 Å². The van der Waals surface area contributed by atoms with Crippen LogP contribution in [0.5, 0.6) is 0 Å². The molecule has 4 heteroatoms. The van der Waals surface area contributed by atoms with E-state index in [0.29, 0.717) is 6.17 Å². The Morgan fingerprint density at radius 2 is 1.71 bits per heavy atom. The zero-order valence-electron chi connectivity index (χ0n) is 10.9. The van der Waals surface area contributed by atoms with Crippen molar-refractivity contribution in [3.05, 3.63) is 33.7 Å². The second kappa shape index (κ2) is 5.02. The molecular formula is C13H21N3O. The maximum Gasteiger partial charge on any atom is 0.182 e. The highest BCUT2D eigenvalue weighted by molar-refractivity contribution is 5.13. The van der Waals surface area contributed by atoms with Gasteiger partial charge < -0.3 is 9.88 Å². The summed E-state index contributed by atoms with van der Waals surface area (Å²) in [6.07, 6.45) is 0.317. The summed E-state index contributed by atoms with van der Waals surface area (Å²) in [7, 11) is 0. The highest BCUT2D eigenvalue weighted by Gasteiger charge is 2.19. The average Bonchev–Trinajstić information content (AvgIpc) is 2.28. The SMILES string of the molecule is Cc1cc(=O)cc(C)n1C(C)N1CCNCC1. The molecule has 2 rings (SSSR count). The predicted molar refractivity (Wildman–Crippen MR) is 69.3 cm³/mol. The van der Waals surface area contributed by atoms with E-state index >= 15 is 0 Å². The van der Waals surface area contributed by atoms with Crippen LogP contribution in [0.1, 0.15) is 24.5 Å². The molecule has 0 spiro atoms. The van der Waals surface area contributed by atoms with Gasteiger partial charge in [0.1, 0.15) is 0 Å². The first kappa shape index (κ1) is 12.3. The second-order valence-electron chi connectivity index (χ2n) is 4.76. The summed E-state index contributed by atoms with van der Waals surface area (Å²) in [6, 6.07) is 3.43. The van der Waals surface area contributed by atoms with Crippen molar-refractivity contribution in [1.82, 2.24) is 14.8 Å². The summed E-state index contributed by atoms with van der Waals surface area (Å²) >= 11 is 0. The van der Waals surface area contributed by atoms with Crippen LogP contribution in [-0.2, 0) is 0 Å². The largest absolute Gasteiger partial charge is 0.333 e. The van der Waals surface area contributed by atoms with E-state index in [-0.39, 0.29) is 5.43 Å². The Balaban J connectivity index is 2.29. The van der Waals surface area contributed by atoms with Crippen LogP contribution in [0.3, 0.4) is 0 Å². The molecule has 94 valence electrons. The molecule has 1 aromatic rings. The maximum absolute atomic E-state index is 11.4. The highest BCUT2D eigenvalue weighted by Crippen LogP contribution is 2.17. The molecule has 17 heavy (non-hydrogen) atoms. The van der Waals surface area contributed by atoms with Gasteiger partial charge in [0.15, 0.2) is 5.43 Å². The first-order valence-corrected chi connectivity index (χ1v) is 6.24. The van der Waals surface area contributed by atoms with Gasteiger partial charge in [-0.15, -0.1) is 0 Å². The predicted octanol–water partition coefficient (Wildman–Crippen LogP) is 0.889. The fraction of sp³-hybridized carbons (Fsp3) is 0.615. The standard InChI is InChI=1S/C13H21N3O/c1-10-8-13(17)9-11(2)16(10)12(3)15-6-4-14-5-7-15/h8-9,12,14H,4-7H2,1-3H3. The number of hydrogen-bond acceptors (Lipinski definition) is 3. The van der Waals surface area contributed by atoms with E-state index in [1.807, 2.05) is 13.8 Å². The quantitative estimate of drug-likeness (QED) is 0.827. The minimum absolute atomic E-state index is 0.101.